The lowest BCUT2D eigenvalue weighted by Crippen LogP contribution is -2.42. The van der Waals surface area contributed by atoms with Crippen LogP contribution in [0.2, 0.25) is 0 Å². The van der Waals surface area contributed by atoms with Gasteiger partial charge >= 0.3 is 0 Å². The zero-order valence-electron chi connectivity index (χ0n) is 12.3. The third kappa shape index (κ3) is 2.78. The van der Waals surface area contributed by atoms with Gasteiger partial charge in [0.05, 0.1) is 24.2 Å². The van der Waals surface area contributed by atoms with Crippen molar-refractivity contribution < 1.29 is 5.11 Å². The fourth-order valence-electron chi connectivity index (χ4n) is 2.82. The van der Waals surface area contributed by atoms with Gasteiger partial charge in [0.15, 0.2) is 5.65 Å². The van der Waals surface area contributed by atoms with Gasteiger partial charge in [0.1, 0.15) is 5.82 Å². The van der Waals surface area contributed by atoms with E-state index in [9.17, 15) is 5.11 Å². The minimum absolute atomic E-state index is 0.130. The van der Waals surface area contributed by atoms with Crippen molar-refractivity contribution in [2.45, 2.75) is 38.6 Å². The van der Waals surface area contributed by atoms with Crippen molar-refractivity contribution >= 4 is 22.8 Å². The molecule has 3 heterocycles. The molecule has 2 aromatic rings. The molecule has 3 rings (SSSR count). The van der Waals surface area contributed by atoms with Crippen molar-refractivity contribution in [3.05, 3.63) is 6.20 Å². The predicted octanol–water partition coefficient (Wildman–Crippen LogP) is 1.53. The van der Waals surface area contributed by atoms with Crippen LogP contribution in [-0.4, -0.2) is 51.0 Å². The van der Waals surface area contributed by atoms with Gasteiger partial charge in [-0.2, -0.15) is 15.1 Å². The summed E-state index contributed by atoms with van der Waals surface area (Å²) in [6.07, 6.45) is 6.05. The lowest BCUT2D eigenvalue weighted by Gasteiger charge is -2.35. The fraction of sp³-hybridized carbons (Fsp3) is 0.643. The van der Waals surface area contributed by atoms with E-state index in [4.69, 9.17) is 0 Å². The molecule has 1 saturated heterocycles. The number of rotatable bonds is 5. The summed E-state index contributed by atoms with van der Waals surface area (Å²) in [6, 6.07) is 0.130. The van der Waals surface area contributed by atoms with Crippen LogP contribution in [0.25, 0.3) is 11.0 Å². The van der Waals surface area contributed by atoms with Crippen LogP contribution in [0.4, 0.5) is 11.8 Å². The average molecular weight is 290 g/mol. The van der Waals surface area contributed by atoms with Gasteiger partial charge in [0.2, 0.25) is 5.95 Å². The normalized spacial score (nSPS) is 19.1. The number of aromatic nitrogens is 4. The first-order chi connectivity index (χ1) is 10.3. The summed E-state index contributed by atoms with van der Waals surface area (Å²) in [5, 5.41) is 20.8. The number of H-pyrrole nitrogens is 1. The summed E-state index contributed by atoms with van der Waals surface area (Å²) >= 11 is 0. The van der Waals surface area contributed by atoms with Crippen molar-refractivity contribution in [2.75, 3.05) is 29.9 Å². The minimum Gasteiger partial charge on any atom is -0.394 e. The standard InChI is InChI=1S/C14H22N6O/c1-2-6-15-14-17-12-11(8-16-19-12)13(18-14)20-7-4-3-5-10(20)9-21/h8,10,21H,2-7,9H2,1H3,(H2,15,16,17,18,19). The second-order valence-electron chi connectivity index (χ2n) is 5.46. The van der Waals surface area contributed by atoms with E-state index in [1.165, 1.54) is 0 Å². The highest BCUT2D eigenvalue weighted by Gasteiger charge is 2.25. The quantitative estimate of drug-likeness (QED) is 0.773. The van der Waals surface area contributed by atoms with E-state index >= 15 is 0 Å². The third-order valence-corrected chi connectivity index (χ3v) is 3.93. The lowest BCUT2D eigenvalue weighted by atomic mass is 10.0. The topological polar surface area (TPSA) is 90.0 Å². The van der Waals surface area contributed by atoms with Gasteiger partial charge in [-0.15, -0.1) is 0 Å². The van der Waals surface area contributed by atoms with Gasteiger partial charge in [-0.3, -0.25) is 5.10 Å². The van der Waals surface area contributed by atoms with Crippen molar-refractivity contribution in [1.29, 1.82) is 0 Å². The van der Waals surface area contributed by atoms with Crippen molar-refractivity contribution in [3.63, 3.8) is 0 Å². The maximum atomic E-state index is 9.63. The minimum atomic E-state index is 0.130. The van der Waals surface area contributed by atoms with E-state index in [2.05, 4.69) is 37.3 Å². The summed E-state index contributed by atoms with van der Waals surface area (Å²) in [5.74, 6) is 1.48. The Labute approximate surface area is 123 Å². The molecule has 1 aliphatic heterocycles. The van der Waals surface area contributed by atoms with Crippen LogP contribution in [0, 0.1) is 0 Å². The molecule has 21 heavy (non-hydrogen) atoms. The fourth-order valence-corrected chi connectivity index (χ4v) is 2.82. The maximum Gasteiger partial charge on any atom is 0.226 e. The van der Waals surface area contributed by atoms with Gasteiger partial charge in [-0.05, 0) is 25.7 Å². The van der Waals surface area contributed by atoms with Crippen molar-refractivity contribution in [3.8, 4) is 0 Å². The van der Waals surface area contributed by atoms with Crippen LogP contribution in [0.15, 0.2) is 6.20 Å². The Kier molecular flexibility index (Phi) is 4.19. The second-order valence-corrected chi connectivity index (χ2v) is 5.46. The Morgan fingerprint density at radius 1 is 1.43 bits per heavy atom. The van der Waals surface area contributed by atoms with Crippen LogP contribution in [0.1, 0.15) is 32.6 Å². The number of aliphatic hydroxyl groups is 1. The molecule has 0 bridgehead atoms. The number of anilines is 2. The number of nitrogens with one attached hydrogen (secondary N) is 2. The molecule has 0 amide bonds. The maximum absolute atomic E-state index is 9.63. The summed E-state index contributed by atoms with van der Waals surface area (Å²) in [7, 11) is 0. The van der Waals surface area contributed by atoms with E-state index in [1.807, 2.05) is 0 Å². The molecule has 1 fully saturated rings. The van der Waals surface area contributed by atoms with Crippen molar-refractivity contribution in [2.24, 2.45) is 0 Å². The van der Waals surface area contributed by atoms with Crippen LogP contribution in [0.3, 0.4) is 0 Å². The number of hydrogen-bond donors (Lipinski definition) is 3. The Balaban J connectivity index is 2.00. The highest BCUT2D eigenvalue weighted by Crippen LogP contribution is 2.29. The van der Waals surface area contributed by atoms with E-state index in [0.717, 1.165) is 55.6 Å². The molecular weight excluding hydrogens is 268 g/mol. The van der Waals surface area contributed by atoms with Crippen LogP contribution in [-0.2, 0) is 0 Å². The smallest absolute Gasteiger partial charge is 0.226 e. The lowest BCUT2D eigenvalue weighted by molar-refractivity contribution is 0.239. The monoisotopic (exact) mass is 290 g/mol. The zero-order valence-corrected chi connectivity index (χ0v) is 12.3. The highest BCUT2D eigenvalue weighted by atomic mass is 16.3. The molecule has 1 atom stereocenters. The number of piperidine rings is 1. The first-order valence-corrected chi connectivity index (χ1v) is 7.66. The van der Waals surface area contributed by atoms with Crippen LogP contribution in [0.5, 0.6) is 0 Å². The SMILES string of the molecule is CCCNc1nc(N2CCCCC2CO)c2cn[nH]c2n1. The molecule has 1 aliphatic rings. The zero-order chi connectivity index (χ0) is 14.7. The molecule has 7 nitrogen and oxygen atoms in total. The summed E-state index contributed by atoms with van der Waals surface area (Å²) < 4.78 is 0. The molecular formula is C14H22N6O. The van der Waals surface area contributed by atoms with Gasteiger partial charge in [0, 0.05) is 13.1 Å². The molecule has 7 heteroatoms. The van der Waals surface area contributed by atoms with Gasteiger partial charge in [-0.25, -0.2) is 0 Å². The Bertz CT molecular complexity index is 598. The average Bonchev–Trinajstić information content (AvgIpc) is 3.00. The largest absolute Gasteiger partial charge is 0.394 e. The van der Waals surface area contributed by atoms with E-state index in [1.54, 1.807) is 6.20 Å². The Morgan fingerprint density at radius 2 is 2.33 bits per heavy atom. The molecule has 2 aromatic heterocycles. The van der Waals surface area contributed by atoms with Gasteiger partial charge in [0.25, 0.3) is 0 Å². The number of fused-ring (bicyclic) bond motifs is 1. The summed E-state index contributed by atoms with van der Waals surface area (Å²) in [6.45, 7) is 4.01. The number of aromatic amines is 1. The van der Waals surface area contributed by atoms with E-state index in [-0.39, 0.29) is 12.6 Å². The summed E-state index contributed by atoms with van der Waals surface area (Å²) in [4.78, 5) is 11.3. The molecule has 0 spiro atoms. The molecule has 0 aliphatic carbocycles. The number of nitrogens with zero attached hydrogens (tertiary/aromatic N) is 4. The highest BCUT2D eigenvalue weighted by molar-refractivity contribution is 5.87. The van der Waals surface area contributed by atoms with Crippen molar-refractivity contribution in [1.82, 2.24) is 20.2 Å². The molecule has 1 unspecified atom stereocenters. The Morgan fingerprint density at radius 3 is 3.14 bits per heavy atom. The van der Waals surface area contributed by atoms with Crippen LogP contribution >= 0.6 is 0 Å². The van der Waals surface area contributed by atoms with E-state index in [0.29, 0.717) is 5.95 Å². The van der Waals surface area contributed by atoms with Gasteiger partial charge in [-0.1, -0.05) is 6.92 Å². The molecule has 3 N–H and O–H groups in total. The summed E-state index contributed by atoms with van der Waals surface area (Å²) in [5.41, 5.74) is 0.737. The van der Waals surface area contributed by atoms with E-state index < -0.39 is 0 Å². The second kappa shape index (κ2) is 6.26. The Hall–Kier alpha value is -1.89. The molecule has 0 radical (unpaired) electrons. The first-order valence-electron chi connectivity index (χ1n) is 7.66. The molecule has 0 saturated carbocycles. The molecule has 114 valence electrons. The third-order valence-electron chi connectivity index (χ3n) is 3.93. The number of hydrogen-bond acceptors (Lipinski definition) is 6. The predicted molar refractivity (Wildman–Crippen MR) is 82.5 cm³/mol. The van der Waals surface area contributed by atoms with Gasteiger partial charge < -0.3 is 15.3 Å². The number of aliphatic hydroxyl groups excluding tert-OH is 1. The van der Waals surface area contributed by atoms with Crippen LogP contribution < -0.4 is 10.2 Å². The first kappa shape index (κ1) is 14.1. The molecule has 0 aromatic carbocycles.